The first-order valence-electron chi connectivity index (χ1n) is 17.2. The van der Waals surface area contributed by atoms with Gasteiger partial charge in [-0.2, -0.15) is 0 Å². The van der Waals surface area contributed by atoms with Gasteiger partial charge in [0, 0.05) is 58.7 Å². The van der Waals surface area contributed by atoms with Crippen LogP contribution >= 0.6 is 0 Å². The summed E-state index contributed by atoms with van der Waals surface area (Å²) in [7, 11) is 0. The van der Waals surface area contributed by atoms with Gasteiger partial charge in [0.2, 0.25) is 0 Å². The van der Waals surface area contributed by atoms with Gasteiger partial charge in [0.25, 0.3) is 23.6 Å². The van der Waals surface area contributed by atoms with E-state index in [-0.39, 0.29) is 70.2 Å². The molecule has 0 fully saturated rings. The van der Waals surface area contributed by atoms with Crippen molar-refractivity contribution in [3.05, 3.63) is 106 Å². The van der Waals surface area contributed by atoms with Crippen LogP contribution in [0.3, 0.4) is 0 Å². The second kappa shape index (κ2) is 15.1. The molecule has 54 heavy (non-hydrogen) atoms. The van der Waals surface area contributed by atoms with E-state index in [4.69, 9.17) is 9.47 Å². The zero-order valence-electron chi connectivity index (χ0n) is 29.2. The lowest BCUT2D eigenvalue weighted by atomic mass is 9.84. The van der Waals surface area contributed by atoms with Gasteiger partial charge < -0.3 is 19.7 Å². The van der Waals surface area contributed by atoms with Crippen molar-refractivity contribution in [2.24, 2.45) is 0 Å². The molecule has 0 aliphatic carbocycles. The molecule has 2 aliphatic rings. The quantitative estimate of drug-likeness (QED) is 0.102. The molecule has 2 aliphatic heterocycles. The summed E-state index contributed by atoms with van der Waals surface area (Å²) in [4.78, 5) is 106. The van der Waals surface area contributed by atoms with E-state index < -0.39 is 59.6 Å². The van der Waals surface area contributed by atoms with Crippen molar-refractivity contribution in [2.45, 2.75) is 64.5 Å². The molecule has 4 aromatic rings. The van der Waals surface area contributed by atoms with Gasteiger partial charge in [-0.15, -0.1) is 0 Å². The number of hydrogen-bond donors (Lipinski definition) is 2. The van der Waals surface area contributed by atoms with E-state index in [1.807, 2.05) is 13.8 Å². The maximum absolute atomic E-state index is 14.0. The van der Waals surface area contributed by atoms with Gasteiger partial charge in [0.15, 0.2) is 0 Å². The minimum Gasteiger partial charge on any atom is -0.480 e. The highest BCUT2D eigenvalue weighted by atomic mass is 16.5. The first-order valence-corrected chi connectivity index (χ1v) is 17.2. The van der Waals surface area contributed by atoms with E-state index in [9.17, 15) is 48.6 Å². The van der Waals surface area contributed by atoms with Crippen molar-refractivity contribution in [3.63, 3.8) is 0 Å². The third kappa shape index (κ3) is 6.93. The number of rotatable bonds is 14. The highest BCUT2D eigenvalue weighted by molar-refractivity contribution is 6.34. The third-order valence-electron chi connectivity index (χ3n) is 9.23. The van der Waals surface area contributed by atoms with Crippen molar-refractivity contribution in [2.75, 3.05) is 0 Å². The monoisotopic (exact) mass is 734 g/mol. The van der Waals surface area contributed by atoms with E-state index in [1.165, 1.54) is 72.8 Å². The number of nitrogens with zero attached hydrogens (tertiary/aromatic N) is 2. The van der Waals surface area contributed by atoms with Gasteiger partial charge in [-0.1, -0.05) is 38.1 Å². The molecule has 0 unspecified atom stereocenters. The summed E-state index contributed by atoms with van der Waals surface area (Å²) in [6, 6.07) is 13.7. The lowest BCUT2D eigenvalue weighted by Crippen LogP contribution is -2.53. The van der Waals surface area contributed by atoms with Crippen LogP contribution in [0.25, 0.3) is 10.8 Å². The van der Waals surface area contributed by atoms with Crippen LogP contribution in [0, 0.1) is 0 Å². The number of ether oxygens (including phenoxy) is 2. The number of carboxylic acids is 2. The maximum atomic E-state index is 14.0. The largest absolute Gasteiger partial charge is 0.480 e. The fourth-order valence-corrected chi connectivity index (χ4v) is 6.66. The average molecular weight is 735 g/mol. The molecule has 0 bridgehead atoms. The fourth-order valence-electron chi connectivity index (χ4n) is 6.66. The molecule has 276 valence electrons. The summed E-state index contributed by atoms with van der Waals surface area (Å²) >= 11 is 0. The topological polar surface area (TPSA) is 202 Å². The van der Waals surface area contributed by atoms with Crippen molar-refractivity contribution < 1.29 is 58.0 Å². The number of carboxylic acid groups (broad SMARTS) is 2. The van der Waals surface area contributed by atoms with Crippen LogP contribution in [0.2, 0.25) is 0 Å². The van der Waals surface area contributed by atoms with Crippen LogP contribution in [0.15, 0.2) is 72.8 Å². The van der Waals surface area contributed by atoms with Crippen LogP contribution in [0.1, 0.15) is 92.1 Å². The molecule has 0 saturated carbocycles. The maximum Gasteiger partial charge on any atom is 0.327 e. The molecule has 0 radical (unpaired) electrons. The predicted molar refractivity (Wildman–Crippen MR) is 189 cm³/mol. The van der Waals surface area contributed by atoms with Gasteiger partial charge in [-0.05, 0) is 72.5 Å². The van der Waals surface area contributed by atoms with E-state index in [1.54, 1.807) is 0 Å². The second-order valence-corrected chi connectivity index (χ2v) is 12.9. The molecule has 2 atom stereocenters. The van der Waals surface area contributed by atoms with Crippen molar-refractivity contribution >= 4 is 58.3 Å². The summed E-state index contributed by atoms with van der Waals surface area (Å²) in [6.45, 7) is 3.66. The highest BCUT2D eigenvalue weighted by Crippen LogP contribution is 2.39. The predicted octanol–water partition coefficient (Wildman–Crippen LogP) is 4.83. The molecule has 2 heterocycles. The number of benzene rings is 4. The standard InChI is InChI=1S/C40H34N2O12/c1-3-5-31(43)53-23-11-7-21(8-12-23)19-29(39(49)50)41-35(45)25-15-17-27-34-28(18-16-26(33(25)34)36(41)46)38(48)42(37(27)47)30(40(51)52)20-22-9-13-24(14-10-22)54-32(44)6-4-2/h7-18,29-30H,3-6,19-20H2,1-2H3,(H,49,50)(H,51,52)/t29-,30-/m0/s1. The molecule has 0 spiro atoms. The molecule has 14 nitrogen and oxygen atoms in total. The Balaban J connectivity index is 1.29. The van der Waals surface area contributed by atoms with E-state index in [0.717, 1.165) is 0 Å². The van der Waals surface area contributed by atoms with Crippen molar-refractivity contribution in [1.82, 2.24) is 9.80 Å². The Hall–Kier alpha value is -6.70. The van der Waals surface area contributed by atoms with E-state index in [0.29, 0.717) is 33.8 Å². The van der Waals surface area contributed by atoms with Crippen LogP contribution < -0.4 is 9.47 Å². The zero-order valence-corrected chi connectivity index (χ0v) is 29.2. The fraction of sp³-hybridized carbons (Fsp3) is 0.250. The van der Waals surface area contributed by atoms with Gasteiger partial charge >= 0.3 is 23.9 Å². The first kappa shape index (κ1) is 37.1. The molecular weight excluding hydrogens is 700 g/mol. The van der Waals surface area contributed by atoms with Gasteiger partial charge in [-0.25, -0.2) is 9.59 Å². The lowest BCUT2D eigenvalue weighted by molar-refractivity contribution is -0.142. The normalized spacial score (nSPS) is 14.6. The number of aliphatic carboxylic acids is 2. The van der Waals surface area contributed by atoms with E-state index in [2.05, 4.69) is 0 Å². The minimum absolute atomic E-state index is 0.0138. The van der Waals surface area contributed by atoms with Gasteiger partial charge in [0.05, 0.1) is 0 Å². The number of imide groups is 2. The Morgan fingerprint density at radius 1 is 0.519 bits per heavy atom. The molecule has 6 rings (SSSR count). The van der Waals surface area contributed by atoms with Crippen molar-refractivity contribution in [1.29, 1.82) is 0 Å². The van der Waals surface area contributed by atoms with Gasteiger partial charge in [0.1, 0.15) is 23.6 Å². The SMILES string of the molecule is CCCC(=O)Oc1ccc(C[C@@H](C(=O)O)N2C(=O)c3ccc4c5c(ccc(c35)C2=O)C(=O)N([C@@H](Cc2ccc(OC(=O)CCC)cc2)C(=O)O)C4=O)cc1. The number of carbonyl (C=O) groups is 8. The number of carbonyl (C=O) groups excluding carboxylic acids is 6. The Labute approximate surface area is 307 Å². The minimum atomic E-state index is -1.65. The molecule has 0 saturated heterocycles. The number of hydrogen-bond acceptors (Lipinski definition) is 10. The number of amides is 4. The first-order chi connectivity index (χ1) is 25.8. The summed E-state index contributed by atoms with van der Waals surface area (Å²) in [6.07, 6.45) is 1.09. The Bertz CT molecular complexity index is 2020. The summed E-state index contributed by atoms with van der Waals surface area (Å²) in [5, 5.41) is 20.4. The number of esters is 2. The molecule has 14 heteroatoms. The molecule has 0 aromatic heterocycles. The summed E-state index contributed by atoms with van der Waals surface area (Å²) < 4.78 is 10.5. The Kier molecular flexibility index (Phi) is 10.4. The Morgan fingerprint density at radius 3 is 1.07 bits per heavy atom. The third-order valence-corrected chi connectivity index (χ3v) is 9.23. The highest BCUT2D eigenvalue weighted by Gasteiger charge is 2.45. The van der Waals surface area contributed by atoms with E-state index >= 15 is 0 Å². The second-order valence-electron chi connectivity index (χ2n) is 12.9. The smallest absolute Gasteiger partial charge is 0.327 e. The molecule has 2 N–H and O–H groups in total. The lowest BCUT2D eigenvalue weighted by Gasteiger charge is -2.35. The molecule has 4 aromatic carbocycles. The summed E-state index contributed by atoms with van der Waals surface area (Å²) in [5.41, 5.74) is 0.419. The van der Waals surface area contributed by atoms with Crippen LogP contribution in [-0.4, -0.2) is 79.6 Å². The van der Waals surface area contributed by atoms with Gasteiger partial charge in [-0.3, -0.25) is 38.6 Å². The van der Waals surface area contributed by atoms with Crippen LogP contribution in [0.5, 0.6) is 11.5 Å². The zero-order chi connectivity index (χ0) is 38.8. The summed E-state index contributed by atoms with van der Waals surface area (Å²) in [5.74, 6) is -7.09. The molecule has 4 amide bonds. The Morgan fingerprint density at radius 2 is 0.815 bits per heavy atom. The van der Waals surface area contributed by atoms with Crippen molar-refractivity contribution in [3.8, 4) is 11.5 Å². The van der Waals surface area contributed by atoms with Crippen LogP contribution in [-0.2, 0) is 32.0 Å². The van der Waals surface area contributed by atoms with Crippen LogP contribution in [0.4, 0.5) is 0 Å². The molecular formula is C40H34N2O12. The average Bonchev–Trinajstić information content (AvgIpc) is 3.13.